The predicted molar refractivity (Wildman–Crippen MR) is 76.8 cm³/mol. The molecule has 0 radical (unpaired) electrons. The van der Waals surface area contributed by atoms with E-state index in [4.69, 9.17) is 0 Å². The van der Waals surface area contributed by atoms with Crippen LogP contribution in [0.4, 0.5) is 0 Å². The van der Waals surface area contributed by atoms with Gasteiger partial charge in [-0.15, -0.1) is 0 Å². The van der Waals surface area contributed by atoms with E-state index >= 15 is 0 Å². The second kappa shape index (κ2) is 6.23. The lowest BCUT2D eigenvalue weighted by Gasteiger charge is -2.06. The summed E-state index contributed by atoms with van der Waals surface area (Å²) in [6.07, 6.45) is 3.31. The maximum absolute atomic E-state index is 11.8. The van der Waals surface area contributed by atoms with Crippen molar-refractivity contribution in [2.24, 2.45) is 7.05 Å². The van der Waals surface area contributed by atoms with Gasteiger partial charge in [0.25, 0.3) is 0 Å². The van der Waals surface area contributed by atoms with Crippen molar-refractivity contribution in [2.75, 3.05) is 0 Å². The van der Waals surface area contributed by atoms with Crippen LogP contribution < -0.4 is 5.32 Å². The normalized spacial score (nSPS) is 10.4. The zero-order valence-corrected chi connectivity index (χ0v) is 11.5. The minimum absolute atomic E-state index is 0.0989. The Kier molecular flexibility index (Phi) is 4.39. The molecule has 0 saturated heterocycles. The highest BCUT2D eigenvalue weighted by Crippen LogP contribution is 2.05. The van der Waals surface area contributed by atoms with Crippen LogP contribution in [0.2, 0.25) is 0 Å². The summed E-state index contributed by atoms with van der Waals surface area (Å²) in [6, 6.07) is 12.3. The number of nitrogens with one attached hydrogen (secondary N) is 1. The number of hydrogen-bond donors (Lipinski definition) is 1. The van der Waals surface area contributed by atoms with Gasteiger partial charge < -0.3 is 9.88 Å². The van der Waals surface area contributed by atoms with E-state index in [0.29, 0.717) is 13.0 Å². The van der Waals surface area contributed by atoms with Crippen LogP contribution in [-0.4, -0.2) is 10.5 Å². The van der Waals surface area contributed by atoms with E-state index < -0.39 is 0 Å². The molecule has 0 spiro atoms. The number of amides is 1. The van der Waals surface area contributed by atoms with Crippen molar-refractivity contribution in [1.82, 2.24) is 9.88 Å². The van der Waals surface area contributed by atoms with Gasteiger partial charge in [0.15, 0.2) is 0 Å². The minimum Gasteiger partial charge on any atom is -0.354 e. The van der Waals surface area contributed by atoms with Gasteiger partial charge in [0.05, 0.1) is 0 Å². The quantitative estimate of drug-likeness (QED) is 0.876. The van der Waals surface area contributed by atoms with Crippen LogP contribution in [0.5, 0.6) is 0 Å². The van der Waals surface area contributed by atoms with Gasteiger partial charge in [0.1, 0.15) is 0 Å². The molecule has 2 rings (SSSR count). The Labute approximate surface area is 114 Å². The molecule has 0 unspecified atom stereocenters. The summed E-state index contributed by atoms with van der Waals surface area (Å²) < 4.78 is 2.05. The molecule has 0 fully saturated rings. The number of carbonyl (C=O) groups excluding carboxylic acids is 1. The minimum atomic E-state index is 0.0989. The molecule has 0 saturated carbocycles. The zero-order chi connectivity index (χ0) is 13.7. The van der Waals surface area contributed by atoms with Crippen LogP contribution >= 0.6 is 0 Å². The fraction of sp³-hybridized carbons (Fsp3) is 0.312. The number of rotatable bonds is 5. The van der Waals surface area contributed by atoms with Crippen LogP contribution in [0.1, 0.15) is 23.2 Å². The molecule has 3 heteroatoms. The lowest BCUT2D eigenvalue weighted by Crippen LogP contribution is -2.23. The molecule has 1 amide bonds. The molecule has 1 aromatic heterocycles. The third-order valence-corrected chi connectivity index (χ3v) is 3.27. The van der Waals surface area contributed by atoms with Gasteiger partial charge in [-0.3, -0.25) is 4.79 Å². The molecule has 100 valence electrons. The standard InChI is InChI=1S/C16H20N2O/c1-13-5-7-14(8-6-13)12-17-16(19)10-9-15-4-3-11-18(15)2/h3-8,11H,9-10,12H2,1-2H3,(H,17,19). The summed E-state index contributed by atoms with van der Waals surface area (Å²) in [4.78, 5) is 11.8. The third-order valence-electron chi connectivity index (χ3n) is 3.27. The molecular formula is C16H20N2O. The first-order valence-corrected chi connectivity index (χ1v) is 6.57. The predicted octanol–water partition coefficient (Wildman–Crippen LogP) is 2.58. The first-order valence-electron chi connectivity index (χ1n) is 6.57. The zero-order valence-electron chi connectivity index (χ0n) is 11.5. The van der Waals surface area contributed by atoms with Crippen LogP contribution in [0.25, 0.3) is 0 Å². The maximum atomic E-state index is 11.8. The molecule has 1 N–H and O–H groups in total. The van der Waals surface area contributed by atoms with E-state index in [1.807, 2.05) is 42.1 Å². The number of aryl methyl sites for hydroxylation is 3. The van der Waals surface area contributed by atoms with E-state index in [1.54, 1.807) is 0 Å². The van der Waals surface area contributed by atoms with Crippen molar-refractivity contribution in [1.29, 1.82) is 0 Å². The van der Waals surface area contributed by atoms with Crippen LogP contribution in [0.3, 0.4) is 0 Å². The summed E-state index contributed by atoms with van der Waals surface area (Å²) in [6.45, 7) is 2.66. The molecule has 1 heterocycles. The molecule has 2 aromatic rings. The van der Waals surface area contributed by atoms with Crippen molar-refractivity contribution in [3.05, 3.63) is 59.4 Å². The Bertz CT molecular complexity index is 540. The fourth-order valence-corrected chi connectivity index (χ4v) is 1.99. The van der Waals surface area contributed by atoms with Crippen LogP contribution in [0, 0.1) is 6.92 Å². The Morgan fingerprint density at radius 3 is 2.58 bits per heavy atom. The molecular weight excluding hydrogens is 236 g/mol. The molecule has 0 aliphatic heterocycles. The fourth-order valence-electron chi connectivity index (χ4n) is 1.99. The monoisotopic (exact) mass is 256 g/mol. The van der Waals surface area contributed by atoms with Crippen molar-refractivity contribution in [3.63, 3.8) is 0 Å². The van der Waals surface area contributed by atoms with Crippen molar-refractivity contribution >= 4 is 5.91 Å². The van der Waals surface area contributed by atoms with Gasteiger partial charge >= 0.3 is 0 Å². The number of hydrogen-bond acceptors (Lipinski definition) is 1. The van der Waals surface area contributed by atoms with Crippen LogP contribution in [0.15, 0.2) is 42.6 Å². The summed E-state index contributed by atoms with van der Waals surface area (Å²) in [5.74, 6) is 0.0989. The first-order chi connectivity index (χ1) is 9.15. The second-order valence-corrected chi connectivity index (χ2v) is 4.87. The lowest BCUT2D eigenvalue weighted by atomic mass is 10.1. The topological polar surface area (TPSA) is 34.0 Å². The molecule has 1 aromatic carbocycles. The highest BCUT2D eigenvalue weighted by molar-refractivity contribution is 5.76. The molecule has 0 aliphatic rings. The van der Waals surface area contributed by atoms with Crippen LogP contribution in [-0.2, 0) is 24.8 Å². The van der Waals surface area contributed by atoms with Gasteiger partial charge in [-0.2, -0.15) is 0 Å². The molecule has 19 heavy (non-hydrogen) atoms. The number of aromatic nitrogens is 1. The highest BCUT2D eigenvalue weighted by Gasteiger charge is 2.04. The Hall–Kier alpha value is -2.03. The smallest absolute Gasteiger partial charge is 0.220 e. The lowest BCUT2D eigenvalue weighted by molar-refractivity contribution is -0.121. The molecule has 0 aliphatic carbocycles. The summed E-state index contributed by atoms with van der Waals surface area (Å²) in [5.41, 5.74) is 3.56. The van der Waals surface area contributed by atoms with Gasteiger partial charge in [0.2, 0.25) is 5.91 Å². The van der Waals surface area contributed by atoms with E-state index in [0.717, 1.165) is 12.0 Å². The molecule has 0 atom stereocenters. The van der Waals surface area contributed by atoms with E-state index in [2.05, 4.69) is 24.4 Å². The Morgan fingerprint density at radius 1 is 1.21 bits per heavy atom. The summed E-state index contributed by atoms with van der Waals surface area (Å²) in [7, 11) is 2.00. The number of nitrogens with zero attached hydrogens (tertiary/aromatic N) is 1. The first kappa shape index (κ1) is 13.4. The van der Waals surface area contributed by atoms with E-state index in [1.165, 1.54) is 11.3 Å². The SMILES string of the molecule is Cc1ccc(CNC(=O)CCc2cccn2C)cc1. The molecule has 0 bridgehead atoms. The Morgan fingerprint density at radius 2 is 1.95 bits per heavy atom. The average Bonchev–Trinajstić information content (AvgIpc) is 2.81. The van der Waals surface area contributed by atoms with Crippen molar-refractivity contribution in [2.45, 2.75) is 26.3 Å². The largest absolute Gasteiger partial charge is 0.354 e. The van der Waals surface area contributed by atoms with Crippen molar-refractivity contribution < 1.29 is 4.79 Å². The Balaban J connectivity index is 1.76. The van der Waals surface area contributed by atoms with E-state index in [9.17, 15) is 4.79 Å². The van der Waals surface area contributed by atoms with E-state index in [-0.39, 0.29) is 5.91 Å². The van der Waals surface area contributed by atoms with Gasteiger partial charge in [0, 0.05) is 31.9 Å². The van der Waals surface area contributed by atoms with Gasteiger partial charge in [-0.25, -0.2) is 0 Å². The van der Waals surface area contributed by atoms with Gasteiger partial charge in [-0.05, 0) is 31.0 Å². The number of benzene rings is 1. The second-order valence-electron chi connectivity index (χ2n) is 4.87. The average molecular weight is 256 g/mol. The summed E-state index contributed by atoms with van der Waals surface area (Å²) in [5, 5.41) is 2.95. The third kappa shape index (κ3) is 3.98. The highest BCUT2D eigenvalue weighted by atomic mass is 16.1. The number of carbonyl (C=O) groups is 1. The molecule has 3 nitrogen and oxygen atoms in total. The summed E-state index contributed by atoms with van der Waals surface area (Å²) >= 11 is 0. The van der Waals surface area contributed by atoms with Crippen molar-refractivity contribution in [3.8, 4) is 0 Å². The maximum Gasteiger partial charge on any atom is 0.220 e. The van der Waals surface area contributed by atoms with Gasteiger partial charge in [-0.1, -0.05) is 29.8 Å².